The Morgan fingerprint density at radius 2 is 1.65 bits per heavy atom. The molecule has 4 aromatic rings. The monoisotopic (exact) mass is 517 g/mol. The maximum Gasteiger partial charge on any atom is 0.261 e. The molecule has 37 heavy (non-hydrogen) atoms. The Labute approximate surface area is 219 Å². The van der Waals surface area contributed by atoms with E-state index in [0.29, 0.717) is 21.9 Å². The molecular weight excluding hydrogens is 493 g/mol. The second-order valence-electron chi connectivity index (χ2n) is 8.26. The van der Waals surface area contributed by atoms with Gasteiger partial charge in [0.15, 0.2) is 6.61 Å². The summed E-state index contributed by atoms with van der Waals surface area (Å²) in [6, 6.07) is 24.3. The molecule has 1 heterocycles. The van der Waals surface area contributed by atoms with E-state index in [1.807, 2.05) is 12.1 Å². The number of carbonyl (C=O) groups excluding carboxylic acids is 2. The third kappa shape index (κ3) is 7.15. The summed E-state index contributed by atoms with van der Waals surface area (Å²) in [5.74, 6) is -0.841. The van der Waals surface area contributed by atoms with Crippen LogP contribution in [0, 0.1) is 5.82 Å². The summed E-state index contributed by atoms with van der Waals surface area (Å²) in [7, 11) is 0. The van der Waals surface area contributed by atoms with Crippen molar-refractivity contribution in [3.63, 3.8) is 0 Å². The van der Waals surface area contributed by atoms with Crippen LogP contribution in [0.5, 0.6) is 5.75 Å². The number of carbonyl (C=O) groups is 2. The molecule has 0 saturated carbocycles. The lowest BCUT2D eigenvalue weighted by Gasteiger charge is -2.31. The number of pyridine rings is 1. The van der Waals surface area contributed by atoms with Crippen LogP contribution in [-0.4, -0.2) is 28.3 Å². The number of hydrogen-bond acceptors (Lipinski definition) is 4. The number of benzene rings is 3. The lowest BCUT2D eigenvalue weighted by molar-refractivity contribution is -0.143. The molecule has 1 atom stereocenters. The van der Waals surface area contributed by atoms with Gasteiger partial charge in [-0.25, -0.2) is 4.39 Å². The summed E-state index contributed by atoms with van der Waals surface area (Å²) in [5, 5.41) is 3.29. The molecule has 0 saturated heterocycles. The predicted octanol–water partition coefficient (Wildman–Crippen LogP) is 5.34. The smallest absolute Gasteiger partial charge is 0.261 e. The van der Waals surface area contributed by atoms with Gasteiger partial charge in [0.2, 0.25) is 5.91 Å². The number of para-hydroxylation sites is 1. The topological polar surface area (TPSA) is 71.5 Å². The summed E-state index contributed by atoms with van der Waals surface area (Å²) in [5.41, 5.74) is 2.11. The highest BCUT2D eigenvalue weighted by Crippen LogP contribution is 2.26. The molecule has 0 spiro atoms. The van der Waals surface area contributed by atoms with Crippen LogP contribution in [0.4, 0.5) is 4.39 Å². The first-order valence-corrected chi connectivity index (χ1v) is 12.0. The van der Waals surface area contributed by atoms with Gasteiger partial charge in [0, 0.05) is 25.5 Å². The minimum Gasteiger partial charge on any atom is -0.482 e. The fourth-order valence-corrected chi connectivity index (χ4v) is 3.98. The number of halogens is 2. The van der Waals surface area contributed by atoms with Crippen LogP contribution >= 0.6 is 11.6 Å². The fourth-order valence-electron chi connectivity index (χ4n) is 3.79. The van der Waals surface area contributed by atoms with Gasteiger partial charge in [-0.05, 0) is 47.0 Å². The average molecular weight is 518 g/mol. The summed E-state index contributed by atoms with van der Waals surface area (Å²) in [6.07, 6.45) is 3.32. The molecule has 4 rings (SSSR count). The minimum atomic E-state index is -0.967. The van der Waals surface area contributed by atoms with Crippen LogP contribution in [0.2, 0.25) is 5.02 Å². The Balaban J connectivity index is 1.63. The van der Waals surface area contributed by atoms with Gasteiger partial charge in [-0.2, -0.15) is 0 Å². The van der Waals surface area contributed by atoms with Crippen LogP contribution in [0.15, 0.2) is 103 Å². The number of ether oxygens (including phenoxy) is 1. The number of aromatic nitrogens is 1. The SMILES string of the molecule is O=C(NCc1cccnc1)[C@@H](c1ccccc1)N(Cc1ccc(F)cc1)C(=O)COc1ccccc1Cl. The standard InChI is InChI=1S/C29H25ClFN3O3/c30-25-10-4-5-11-26(25)37-20-27(35)34(19-21-12-14-24(31)15-13-21)28(23-8-2-1-3-9-23)29(36)33-18-22-7-6-16-32-17-22/h1-17,28H,18-20H2,(H,33,36)/t28-/m1/s1. The maximum absolute atomic E-state index is 13.6. The lowest BCUT2D eigenvalue weighted by Crippen LogP contribution is -2.45. The highest BCUT2D eigenvalue weighted by Gasteiger charge is 2.32. The second-order valence-corrected chi connectivity index (χ2v) is 8.67. The largest absolute Gasteiger partial charge is 0.482 e. The molecule has 8 heteroatoms. The molecule has 0 unspecified atom stereocenters. The number of nitrogens with zero attached hydrogens (tertiary/aromatic N) is 2. The van der Waals surface area contributed by atoms with Gasteiger partial charge >= 0.3 is 0 Å². The lowest BCUT2D eigenvalue weighted by atomic mass is 10.0. The molecule has 0 radical (unpaired) electrons. The quantitative estimate of drug-likeness (QED) is 0.308. The third-order valence-corrected chi connectivity index (χ3v) is 5.95. The van der Waals surface area contributed by atoms with E-state index in [2.05, 4.69) is 10.3 Å². The fraction of sp³-hybridized carbons (Fsp3) is 0.138. The molecule has 0 aliphatic heterocycles. The molecule has 0 fully saturated rings. The van der Waals surface area contributed by atoms with Gasteiger partial charge in [0.25, 0.3) is 5.91 Å². The zero-order valence-electron chi connectivity index (χ0n) is 19.9. The van der Waals surface area contributed by atoms with Gasteiger partial charge in [-0.3, -0.25) is 14.6 Å². The Morgan fingerprint density at radius 1 is 0.919 bits per heavy atom. The molecule has 1 N–H and O–H groups in total. The second kappa shape index (κ2) is 12.6. The van der Waals surface area contributed by atoms with Crippen molar-refractivity contribution in [1.82, 2.24) is 15.2 Å². The van der Waals surface area contributed by atoms with Crippen molar-refractivity contribution in [2.45, 2.75) is 19.1 Å². The Kier molecular flexibility index (Phi) is 8.84. The first-order chi connectivity index (χ1) is 18.0. The van der Waals surface area contributed by atoms with Crippen LogP contribution < -0.4 is 10.1 Å². The van der Waals surface area contributed by atoms with Crippen molar-refractivity contribution < 1.29 is 18.7 Å². The first-order valence-electron chi connectivity index (χ1n) is 11.6. The first kappa shape index (κ1) is 25.9. The highest BCUT2D eigenvalue weighted by atomic mass is 35.5. The van der Waals surface area contributed by atoms with E-state index in [9.17, 15) is 14.0 Å². The maximum atomic E-state index is 13.6. The van der Waals surface area contributed by atoms with Crippen molar-refractivity contribution >= 4 is 23.4 Å². The Hall–Kier alpha value is -4.23. The molecule has 0 aliphatic carbocycles. The molecule has 188 valence electrons. The van der Waals surface area contributed by atoms with Crippen molar-refractivity contribution in [2.24, 2.45) is 0 Å². The van der Waals surface area contributed by atoms with Gasteiger partial charge in [0.1, 0.15) is 17.6 Å². The third-order valence-electron chi connectivity index (χ3n) is 5.64. The van der Waals surface area contributed by atoms with Crippen LogP contribution in [-0.2, 0) is 22.7 Å². The molecule has 2 amide bonds. The van der Waals surface area contributed by atoms with Crippen molar-refractivity contribution in [2.75, 3.05) is 6.61 Å². The van der Waals surface area contributed by atoms with E-state index in [-0.39, 0.29) is 25.6 Å². The van der Waals surface area contributed by atoms with Gasteiger partial charge < -0.3 is 15.0 Å². The summed E-state index contributed by atoms with van der Waals surface area (Å²) < 4.78 is 19.3. The number of amides is 2. The zero-order chi connectivity index (χ0) is 26.0. The van der Waals surface area contributed by atoms with Crippen LogP contribution in [0.1, 0.15) is 22.7 Å². The van der Waals surface area contributed by atoms with E-state index < -0.39 is 17.8 Å². The van der Waals surface area contributed by atoms with Crippen LogP contribution in [0.3, 0.4) is 0 Å². The average Bonchev–Trinajstić information content (AvgIpc) is 2.93. The minimum absolute atomic E-state index is 0.0604. The van der Waals surface area contributed by atoms with Crippen molar-refractivity contribution in [3.8, 4) is 5.75 Å². The van der Waals surface area contributed by atoms with Gasteiger partial charge in [0.05, 0.1) is 5.02 Å². The molecular formula is C29H25ClFN3O3. The van der Waals surface area contributed by atoms with Crippen molar-refractivity contribution in [3.05, 3.63) is 131 Å². The van der Waals surface area contributed by atoms with Gasteiger partial charge in [-0.1, -0.05) is 72.3 Å². The number of nitrogens with one attached hydrogen (secondary N) is 1. The predicted molar refractivity (Wildman–Crippen MR) is 139 cm³/mol. The Morgan fingerprint density at radius 3 is 2.35 bits per heavy atom. The molecule has 1 aromatic heterocycles. The summed E-state index contributed by atoms with van der Waals surface area (Å²) in [4.78, 5) is 32.7. The molecule has 6 nitrogen and oxygen atoms in total. The summed E-state index contributed by atoms with van der Waals surface area (Å²) >= 11 is 6.19. The molecule has 0 bridgehead atoms. The Bertz CT molecular complexity index is 1320. The number of rotatable bonds is 10. The molecule has 0 aliphatic rings. The number of hydrogen-bond donors (Lipinski definition) is 1. The van der Waals surface area contributed by atoms with E-state index >= 15 is 0 Å². The van der Waals surface area contributed by atoms with Crippen molar-refractivity contribution in [1.29, 1.82) is 0 Å². The zero-order valence-corrected chi connectivity index (χ0v) is 20.6. The highest BCUT2D eigenvalue weighted by molar-refractivity contribution is 6.32. The van der Waals surface area contributed by atoms with E-state index in [1.165, 1.54) is 17.0 Å². The van der Waals surface area contributed by atoms with E-state index in [4.69, 9.17) is 16.3 Å². The summed E-state index contributed by atoms with van der Waals surface area (Å²) in [6.45, 7) is -0.0419. The van der Waals surface area contributed by atoms with E-state index in [0.717, 1.165) is 5.56 Å². The molecule has 3 aromatic carbocycles. The van der Waals surface area contributed by atoms with Gasteiger partial charge in [-0.15, -0.1) is 0 Å². The van der Waals surface area contributed by atoms with E-state index in [1.54, 1.807) is 79.1 Å². The van der Waals surface area contributed by atoms with Crippen LogP contribution in [0.25, 0.3) is 0 Å². The normalized spacial score (nSPS) is 11.4.